The predicted molar refractivity (Wildman–Crippen MR) is 173 cm³/mol. The Labute approximate surface area is 276 Å². The topological polar surface area (TPSA) is 98.5 Å². The van der Waals surface area contributed by atoms with E-state index in [9.17, 15) is 0 Å². The molecule has 2 aromatic rings. The van der Waals surface area contributed by atoms with Gasteiger partial charge in [0.25, 0.3) is 0 Å². The molecule has 0 radical (unpaired) electrons. The van der Waals surface area contributed by atoms with E-state index in [-0.39, 0.29) is 10.8 Å². The maximum atomic E-state index is 8.49. The average Bonchev–Trinajstić information content (AvgIpc) is 3.52. The Kier molecular flexibility index (Phi) is 11.2. The van der Waals surface area contributed by atoms with Crippen LogP contribution in [0.25, 0.3) is 0 Å². The SMILES string of the molecule is CCCCN1/C(=C/C=C2\CCC(/C=C/C3=[N+](CCCC)c4ccccc4C3(C)C)=C2Cl)C(C)(C)c2ccccc21.[O-][Cl+3]([O-])([O-])[O-]. The molecule has 242 valence electrons. The van der Waals surface area contributed by atoms with Gasteiger partial charge in [-0.3, -0.25) is 0 Å². The second-order valence-corrected chi connectivity index (χ2v) is 14.1. The van der Waals surface area contributed by atoms with Crippen LogP contribution in [0.15, 0.2) is 94.7 Å². The second kappa shape index (κ2) is 14.4. The number of nitrogens with zero attached hydrogens (tertiary/aromatic N) is 2. The summed E-state index contributed by atoms with van der Waals surface area (Å²) in [7, 11) is -4.94. The first-order valence-corrected chi connectivity index (χ1v) is 17.5. The molecule has 3 aliphatic rings. The van der Waals surface area contributed by atoms with E-state index in [1.807, 2.05) is 0 Å². The van der Waals surface area contributed by atoms with Crippen molar-refractivity contribution in [2.45, 2.75) is 90.9 Å². The molecule has 0 spiro atoms. The zero-order chi connectivity index (χ0) is 33.0. The van der Waals surface area contributed by atoms with Crippen LogP contribution >= 0.6 is 11.6 Å². The van der Waals surface area contributed by atoms with E-state index in [1.165, 1.54) is 70.7 Å². The summed E-state index contributed by atoms with van der Waals surface area (Å²) >= 11 is 7.07. The van der Waals surface area contributed by atoms with Crippen LogP contribution in [0, 0.1) is 10.2 Å². The Morgan fingerprint density at radius 1 is 0.822 bits per heavy atom. The Hall–Kier alpha value is -2.71. The van der Waals surface area contributed by atoms with E-state index in [1.54, 1.807) is 0 Å². The molecule has 8 heteroatoms. The van der Waals surface area contributed by atoms with Crippen LogP contribution in [0.5, 0.6) is 0 Å². The van der Waals surface area contributed by atoms with Gasteiger partial charge < -0.3 is 4.90 Å². The van der Waals surface area contributed by atoms with Crippen molar-refractivity contribution >= 4 is 28.7 Å². The molecule has 1 aliphatic carbocycles. The number of halogens is 2. The monoisotopic (exact) mass is 652 g/mol. The number of benzene rings is 2. The Morgan fingerprint density at radius 2 is 1.44 bits per heavy atom. The van der Waals surface area contributed by atoms with E-state index in [0.717, 1.165) is 31.0 Å². The highest BCUT2D eigenvalue weighted by atomic mass is 35.7. The molecule has 0 N–H and O–H groups in total. The van der Waals surface area contributed by atoms with Gasteiger partial charge in [-0.15, -0.1) is 10.2 Å². The summed E-state index contributed by atoms with van der Waals surface area (Å²) in [6.07, 6.45) is 16.0. The van der Waals surface area contributed by atoms with Crippen molar-refractivity contribution in [1.29, 1.82) is 0 Å². The van der Waals surface area contributed by atoms with Gasteiger partial charge >= 0.3 is 0 Å². The highest BCUT2D eigenvalue weighted by Crippen LogP contribution is 2.48. The minimum Gasteiger partial charge on any atom is -0.344 e. The van der Waals surface area contributed by atoms with Gasteiger partial charge in [0.15, 0.2) is 5.71 Å². The molecular formula is C37H46Cl2N2O4. The molecule has 0 bridgehead atoms. The van der Waals surface area contributed by atoms with E-state index in [0.29, 0.717) is 0 Å². The molecule has 5 rings (SSSR count). The Bertz CT molecular complexity index is 1540. The Balaban J connectivity index is 0.000000854. The summed E-state index contributed by atoms with van der Waals surface area (Å²) in [5.41, 5.74) is 10.7. The minimum atomic E-state index is -4.94. The smallest absolute Gasteiger partial charge is 0.209 e. The van der Waals surface area contributed by atoms with E-state index in [2.05, 4.69) is 124 Å². The summed E-state index contributed by atoms with van der Waals surface area (Å²) in [6.45, 7) is 16.0. The maximum absolute atomic E-state index is 8.49. The quantitative estimate of drug-likeness (QED) is 0.340. The van der Waals surface area contributed by atoms with Crippen molar-refractivity contribution in [1.82, 2.24) is 0 Å². The molecule has 6 nitrogen and oxygen atoms in total. The molecular weight excluding hydrogens is 607 g/mol. The first-order chi connectivity index (χ1) is 21.2. The van der Waals surface area contributed by atoms with Crippen LogP contribution in [0.4, 0.5) is 11.4 Å². The van der Waals surface area contributed by atoms with Gasteiger partial charge in [-0.25, -0.2) is 18.6 Å². The number of unbranched alkanes of at least 4 members (excludes halogenated alkanes) is 2. The zero-order valence-electron chi connectivity index (χ0n) is 27.4. The fraction of sp³-hybridized carbons (Fsp3) is 0.432. The maximum Gasteiger partial charge on any atom is 0.209 e. The third kappa shape index (κ3) is 7.82. The average molecular weight is 654 g/mol. The van der Waals surface area contributed by atoms with Gasteiger partial charge in [-0.2, -0.15) is 4.58 Å². The predicted octanol–water partition coefficient (Wildman–Crippen LogP) is 5.36. The lowest BCUT2D eigenvalue weighted by Gasteiger charge is -2.27. The van der Waals surface area contributed by atoms with Crippen LogP contribution in [0.3, 0.4) is 0 Å². The van der Waals surface area contributed by atoms with E-state index >= 15 is 0 Å². The molecule has 0 saturated carbocycles. The number of hydrogen-bond donors (Lipinski definition) is 0. The highest BCUT2D eigenvalue weighted by molar-refractivity contribution is 6.33. The third-order valence-corrected chi connectivity index (χ3v) is 9.67. The highest BCUT2D eigenvalue weighted by Gasteiger charge is 2.44. The molecule has 2 heterocycles. The summed E-state index contributed by atoms with van der Waals surface area (Å²) in [4.78, 5) is 2.53. The number of para-hydroxylation sites is 2. The standard InChI is InChI=1S/C37H46ClN2.ClHO4/c1-7-9-25-39-31-17-13-11-15-29(31)36(3,4)33(39)23-21-27-19-20-28(35(27)38)22-24-34-37(5,6)30-16-12-14-18-32(30)40(34)26-10-8-2;2-1(3,4)5/h11-18,21-24H,7-10,19-20,25-26H2,1-6H3;(H,2,3,4,5)/q+1;/p-1. The number of anilines is 1. The number of hydrogen-bond acceptors (Lipinski definition) is 5. The largest absolute Gasteiger partial charge is 0.344 e. The van der Waals surface area contributed by atoms with Gasteiger partial charge in [0.05, 0.1) is 5.41 Å². The summed E-state index contributed by atoms with van der Waals surface area (Å²) in [5, 5.41) is 0.926. The van der Waals surface area contributed by atoms with Crippen LogP contribution in [0.1, 0.15) is 91.2 Å². The van der Waals surface area contributed by atoms with Crippen LogP contribution in [-0.2, 0) is 10.8 Å². The van der Waals surface area contributed by atoms with Gasteiger partial charge in [-0.05, 0) is 62.0 Å². The van der Waals surface area contributed by atoms with Crippen molar-refractivity contribution < 1.29 is 33.5 Å². The summed E-state index contributed by atoms with van der Waals surface area (Å²) in [6, 6.07) is 17.8. The number of fused-ring (bicyclic) bond motifs is 2. The third-order valence-electron chi connectivity index (χ3n) is 9.18. The van der Waals surface area contributed by atoms with Crippen molar-refractivity contribution in [2.75, 3.05) is 18.0 Å². The molecule has 45 heavy (non-hydrogen) atoms. The lowest BCUT2D eigenvalue weighted by molar-refractivity contribution is -2.00. The van der Waals surface area contributed by atoms with Crippen LogP contribution < -0.4 is 23.5 Å². The lowest BCUT2D eigenvalue weighted by Crippen LogP contribution is -2.68. The summed E-state index contributed by atoms with van der Waals surface area (Å²) in [5.74, 6) is 0. The van der Waals surface area contributed by atoms with Crippen LogP contribution in [0.2, 0.25) is 0 Å². The fourth-order valence-electron chi connectivity index (χ4n) is 6.76. The number of rotatable bonds is 9. The van der Waals surface area contributed by atoms with Crippen molar-refractivity contribution in [2.24, 2.45) is 0 Å². The van der Waals surface area contributed by atoms with Gasteiger partial charge in [0.1, 0.15) is 6.54 Å². The second-order valence-electron chi connectivity index (χ2n) is 13.0. The molecule has 0 aromatic heterocycles. The van der Waals surface area contributed by atoms with Gasteiger partial charge in [-0.1, -0.05) is 101 Å². The first-order valence-electron chi connectivity index (χ1n) is 15.9. The van der Waals surface area contributed by atoms with E-state index in [4.69, 9.17) is 30.2 Å². The normalized spacial score (nSPS) is 20.4. The van der Waals surface area contributed by atoms with Gasteiger partial charge in [0, 0.05) is 52.5 Å². The molecule has 0 saturated heterocycles. The lowest BCUT2D eigenvalue weighted by atomic mass is 9.81. The molecule has 2 aliphatic heterocycles. The van der Waals surface area contributed by atoms with Crippen molar-refractivity contribution in [3.8, 4) is 0 Å². The Morgan fingerprint density at radius 3 is 2.11 bits per heavy atom. The zero-order valence-corrected chi connectivity index (χ0v) is 28.9. The molecule has 0 unspecified atom stereocenters. The molecule has 0 atom stereocenters. The minimum absolute atomic E-state index is 0.0272. The molecule has 0 amide bonds. The summed E-state index contributed by atoms with van der Waals surface area (Å²) < 4.78 is 36.5. The number of allylic oxidation sites excluding steroid dienone is 8. The molecule has 2 aromatic carbocycles. The van der Waals surface area contributed by atoms with Crippen molar-refractivity contribution in [3.63, 3.8) is 0 Å². The van der Waals surface area contributed by atoms with E-state index < -0.39 is 10.2 Å². The van der Waals surface area contributed by atoms with Gasteiger partial charge in [0.2, 0.25) is 5.69 Å². The molecule has 0 fully saturated rings. The van der Waals surface area contributed by atoms with Crippen LogP contribution in [-0.4, -0.2) is 23.4 Å². The fourth-order valence-corrected chi connectivity index (χ4v) is 7.08. The van der Waals surface area contributed by atoms with Crippen molar-refractivity contribution in [3.05, 3.63) is 106 Å². The first kappa shape index (κ1) is 35.1.